The quantitative estimate of drug-likeness (QED) is 0.686. The van der Waals surface area contributed by atoms with Gasteiger partial charge < -0.3 is 4.42 Å². The van der Waals surface area contributed by atoms with E-state index in [0.29, 0.717) is 5.92 Å². The van der Waals surface area contributed by atoms with E-state index in [1.54, 1.807) is 0 Å². The molecule has 0 saturated carbocycles. The molecular formula is C13H16O. The van der Waals surface area contributed by atoms with Crippen LogP contribution < -0.4 is 0 Å². The van der Waals surface area contributed by atoms with E-state index in [9.17, 15) is 0 Å². The molecule has 0 aliphatic carbocycles. The van der Waals surface area contributed by atoms with Gasteiger partial charge in [0, 0.05) is 11.3 Å². The fourth-order valence-corrected chi connectivity index (χ4v) is 1.85. The van der Waals surface area contributed by atoms with Crippen LogP contribution in [0, 0.1) is 6.92 Å². The molecule has 1 aromatic heterocycles. The second-order valence-electron chi connectivity index (χ2n) is 3.90. The van der Waals surface area contributed by atoms with E-state index in [4.69, 9.17) is 4.42 Å². The lowest BCUT2D eigenvalue weighted by atomic mass is 10.0. The molecule has 14 heavy (non-hydrogen) atoms. The molecule has 0 fully saturated rings. The van der Waals surface area contributed by atoms with Crippen molar-refractivity contribution in [3.05, 3.63) is 35.6 Å². The van der Waals surface area contributed by atoms with Crippen LogP contribution in [0.1, 0.15) is 37.5 Å². The van der Waals surface area contributed by atoms with Crippen molar-refractivity contribution in [2.45, 2.75) is 33.1 Å². The summed E-state index contributed by atoms with van der Waals surface area (Å²) >= 11 is 0. The van der Waals surface area contributed by atoms with Crippen molar-refractivity contribution in [1.29, 1.82) is 0 Å². The molecule has 0 amide bonds. The van der Waals surface area contributed by atoms with Crippen LogP contribution in [0.15, 0.2) is 28.7 Å². The Labute approximate surface area is 84.7 Å². The van der Waals surface area contributed by atoms with Gasteiger partial charge in [0.25, 0.3) is 0 Å². The summed E-state index contributed by atoms with van der Waals surface area (Å²) in [5.41, 5.74) is 2.32. The Morgan fingerprint density at radius 2 is 2.00 bits per heavy atom. The third-order valence-corrected chi connectivity index (χ3v) is 2.94. The summed E-state index contributed by atoms with van der Waals surface area (Å²) in [6, 6.07) is 8.24. The van der Waals surface area contributed by atoms with Gasteiger partial charge >= 0.3 is 0 Å². The largest absolute Gasteiger partial charge is 0.461 e. The monoisotopic (exact) mass is 188 g/mol. The van der Waals surface area contributed by atoms with Crippen molar-refractivity contribution >= 4 is 11.0 Å². The molecule has 74 valence electrons. The molecule has 2 rings (SSSR count). The summed E-state index contributed by atoms with van der Waals surface area (Å²) in [7, 11) is 0. The lowest BCUT2D eigenvalue weighted by molar-refractivity contribution is 0.495. The van der Waals surface area contributed by atoms with E-state index >= 15 is 0 Å². The van der Waals surface area contributed by atoms with Gasteiger partial charge in [0.1, 0.15) is 11.3 Å². The maximum absolute atomic E-state index is 5.85. The number of hydrogen-bond donors (Lipinski definition) is 0. The number of para-hydroxylation sites is 1. The van der Waals surface area contributed by atoms with Crippen LogP contribution >= 0.6 is 0 Å². The Hall–Kier alpha value is -1.24. The molecular weight excluding hydrogens is 172 g/mol. The van der Waals surface area contributed by atoms with Gasteiger partial charge in [-0.15, -0.1) is 0 Å². The Bertz CT molecular complexity index is 439. The van der Waals surface area contributed by atoms with E-state index in [0.717, 1.165) is 17.8 Å². The molecule has 1 heteroatoms. The zero-order valence-electron chi connectivity index (χ0n) is 9.00. The molecule has 1 unspecified atom stereocenters. The first-order chi connectivity index (χ1) is 6.74. The Morgan fingerprint density at radius 3 is 2.64 bits per heavy atom. The number of aryl methyl sites for hydroxylation is 1. The summed E-state index contributed by atoms with van der Waals surface area (Å²) in [5, 5.41) is 1.25. The fraction of sp³-hybridized carbons (Fsp3) is 0.385. The molecule has 0 bridgehead atoms. The minimum absolute atomic E-state index is 0.516. The molecule has 0 saturated heterocycles. The van der Waals surface area contributed by atoms with E-state index in [1.807, 2.05) is 12.1 Å². The standard InChI is InChI=1S/C13H16O/c1-4-9(2)13-10(3)11-7-5-6-8-12(11)14-13/h5-9H,4H2,1-3H3. The molecule has 1 atom stereocenters. The first-order valence-electron chi connectivity index (χ1n) is 5.22. The van der Waals surface area contributed by atoms with E-state index in [1.165, 1.54) is 10.9 Å². The Morgan fingerprint density at radius 1 is 1.29 bits per heavy atom. The zero-order valence-corrected chi connectivity index (χ0v) is 9.00. The van der Waals surface area contributed by atoms with Gasteiger partial charge in [0.15, 0.2) is 0 Å². The summed E-state index contributed by atoms with van der Waals surface area (Å²) in [6.45, 7) is 6.55. The summed E-state index contributed by atoms with van der Waals surface area (Å²) < 4.78 is 5.85. The molecule has 0 radical (unpaired) electrons. The topological polar surface area (TPSA) is 13.1 Å². The first-order valence-corrected chi connectivity index (χ1v) is 5.22. The van der Waals surface area contributed by atoms with E-state index in [2.05, 4.69) is 32.9 Å². The molecule has 0 aliphatic rings. The minimum Gasteiger partial charge on any atom is -0.461 e. The Kier molecular flexibility index (Phi) is 2.32. The minimum atomic E-state index is 0.516. The van der Waals surface area contributed by atoms with Crippen LogP contribution in [0.5, 0.6) is 0 Å². The van der Waals surface area contributed by atoms with Crippen molar-refractivity contribution in [2.24, 2.45) is 0 Å². The highest BCUT2D eigenvalue weighted by Gasteiger charge is 2.14. The van der Waals surface area contributed by atoms with Crippen LogP contribution in [0.2, 0.25) is 0 Å². The molecule has 0 N–H and O–H groups in total. The lowest BCUT2D eigenvalue weighted by Gasteiger charge is -2.04. The molecule has 2 aromatic rings. The predicted octanol–water partition coefficient (Wildman–Crippen LogP) is 4.25. The van der Waals surface area contributed by atoms with Gasteiger partial charge in [0.05, 0.1) is 0 Å². The lowest BCUT2D eigenvalue weighted by Crippen LogP contribution is -1.90. The number of furan rings is 1. The van der Waals surface area contributed by atoms with Gasteiger partial charge in [0.2, 0.25) is 0 Å². The van der Waals surface area contributed by atoms with Gasteiger partial charge in [-0.1, -0.05) is 32.0 Å². The Balaban J connectivity index is 2.62. The normalized spacial score (nSPS) is 13.4. The third kappa shape index (κ3) is 1.33. The summed E-state index contributed by atoms with van der Waals surface area (Å²) in [6.07, 6.45) is 1.13. The van der Waals surface area contributed by atoms with E-state index in [-0.39, 0.29) is 0 Å². The fourth-order valence-electron chi connectivity index (χ4n) is 1.85. The van der Waals surface area contributed by atoms with E-state index < -0.39 is 0 Å². The van der Waals surface area contributed by atoms with Crippen molar-refractivity contribution < 1.29 is 4.42 Å². The van der Waals surface area contributed by atoms with Crippen molar-refractivity contribution in [2.75, 3.05) is 0 Å². The van der Waals surface area contributed by atoms with Crippen LogP contribution in [0.3, 0.4) is 0 Å². The predicted molar refractivity (Wildman–Crippen MR) is 59.7 cm³/mol. The highest BCUT2D eigenvalue weighted by molar-refractivity contribution is 5.82. The van der Waals surface area contributed by atoms with Crippen LogP contribution in [0.25, 0.3) is 11.0 Å². The average molecular weight is 188 g/mol. The first kappa shape index (κ1) is 9.32. The van der Waals surface area contributed by atoms with Crippen LogP contribution in [0.4, 0.5) is 0 Å². The van der Waals surface area contributed by atoms with Crippen LogP contribution in [-0.4, -0.2) is 0 Å². The molecule has 0 aliphatic heterocycles. The highest BCUT2D eigenvalue weighted by Crippen LogP contribution is 2.31. The molecule has 0 spiro atoms. The number of fused-ring (bicyclic) bond motifs is 1. The van der Waals surface area contributed by atoms with Gasteiger partial charge in [-0.3, -0.25) is 0 Å². The summed E-state index contributed by atoms with van der Waals surface area (Å²) in [5.74, 6) is 1.66. The molecule has 1 heterocycles. The zero-order chi connectivity index (χ0) is 10.1. The number of benzene rings is 1. The second kappa shape index (κ2) is 3.49. The molecule has 1 nitrogen and oxygen atoms in total. The third-order valence-electron chi connectivity index (χ3n) is 2.94. The van der Waals surface area contributed by atoms with Gasteiger partial charge in [-0.05, 0) is 25.0 Å². The second-order valence-corrected chi connectivity index (χ2v) is 3.90. The van der Waals surface area contributed by atoms with Crippen molar-refractivity contribution in [3.63, 3.8) is 0 Å². The summed E-state index contributed by atoms with van der Waals surface area (Å²) in [4.78, 5) is 0. The van der Waals surface area contributed by atoms with Crippen molar-refractivity contribution in [1.82, 2.24) is 0 Å². The maximum atomic E-state index is 5.85. The number of hydrogen-bond acceptors (Lipinski definition) is 1. The molecule has 1 aromatic carbocycles. The van der Waals surface area contributed by atoms with Crippen molar-refractivity contribution in [3.8, 4) is 0 Å². The SMILES string of the molecule is CCC(C)c1oc2ccccc2c1C. The van der Waals surface area contributed by atoms with Crippen LogP contribution in [-0.2, 0) is 0 Å². The smallest absolute Gasteiger partial charge is 0.134 e. The maximum Gasteiger partial charge on any atom is 0.134 e. The average Bonchev–Trinajstić information content (AvgIpc) is 2.56. The highest BCUT2D eigenvalue weighted by atomic mass is 16.3. The van der Waals surface area contributed by atoms with Gasteiger partial charge in [-0.25, -0.2) is 0 Å². The van der Waals surface area contributed by atoms with Gasteiger partial charge in [-0.2, -0.15) is 0 Å². The number of rotatable bonds is 2.